The van der Waals surface area contributed by atoms with Crippen LogP contribution >= 0.6 is 23.4 Å². The van der Waals surface area contributed by atoms with Crippen LogP contribution in [-0.4, -0.2) is 88.5 Å². The summed E-state index contributed by atoms with van der Waals surface area (Å²) in [4.78, 5) is 33.3. The minimum absolute atomic E-state index is 0.110. The highest BCUT2D eigenvalue weighted by atomic mass is 35.5. The summed E-state index contributed by atoms with van der Waals surface area (Å²) in [6, 6.07) is 9.45. The Labute approximate surface area is 253 Å². The quantitative estimate of drug-likeness (QED) is 0.243. The third-order valence-corrected chi connectivity index (χ3v) is 8.48. The molecule has 2 saturated heterocycles. The summed E-state index contributed by atoms with van der Waals surface area (Å²) in [5.41, 5.74) is 1.75. The van der Waals surface area contributed by atoms with Crippen LogP contribution in [0.3, 0.4) is 0 Å². The number of halogens is 2. The lowest BCUT2D eigenvalue weighted by Crippen LogP contribution is -2.45. The molecule has 2 aliphatic heterocycles. The third kappa shape index (κ3) is 8.37. The number of carbonyl (C=O) groups excluding carboxylic acids is 2. The number of thioether (sulfide) groups is 1. The molecule has 4 heterocycles. The molecule has 2 aromatic heterocycles. The first-order valence-corrected chi connectivity index (χ1v) is 15.3. The van der Waals surface area contributed by atoms with Crippen molar-refractivity contribution in [2.45, 2.75) is 36.8 Å². The van der Waals surface area contributed by atoms with E-state index in [0.717, 1.165) is 39.0 Å². The van der Waals surface area contributed by atoms with E-state index in [0.29, 0.717) is 58.1 Å². The Morgan fingerprint density at radius 3 is 2.81 bits per heavy atom. The zero-order valence-electron chi connectivity index (χ0n) is 23.3. The zero-order chi connectivity index (χ0) is 29.5. The van der Waals surface area contributed by atoms with E-state index in [4.69, 9.17) is 16.3 Å². The summed E-state index contributed by atoms with van der Waals surface area (Å²) in [6.45, 7) is 4.59. The fourth-order valence-electron chi connectivity index (χ4n) is 4.74. The van der Waals surface area contributed by atoms with Gasteiger partial charge in [-0.05, 0) is 50.2 Å². The number of hydrogen-bond acceptors (Lipinski definition) is 10. The smallest absolute Gasteiger partial charge is 0.306 e. The predicted molar refractivity (Wildman–Crippen MR) is 162 cm³/mol. The molecule has 0 aliphatic carbocycles. The van der Waals surface area contributed by atoms with E-state index < -0.39 is 5.82 Å². The molecule has 5 rings (SSSR count). The van der Waals surface area contributed by atoms with Crippen LogP contribution in [0.4, 0.5) is 21.6 Å². The first kappa shape index (κ1) is 30.1. The van der Waals surface area contributed by atoms with Crippen molar-refractivity contribution in [2.24, 2.45) is 0 Å². The Hall–Kier alpha value is -3.32. The maximum absolute atomic E-state index is 14.7. The molecule has 2 fully saturated rings. The molecular formula is C29H33ClFN7O3S. The molecule has 1 amide bonds. The molecule has 1 unspecified atom stereocenters. The fraction of sp³-hybridized carbons (Fsp3) is 0.414. The van der Waals surface area contributed by atoms with Gasteiger partial charge in [-0.1, -0.05) is 23.4 Å². The van der Waals surface area contributed by atoms with E-state index in [9.17, 15) is 14.0 Å². The standard InChI is InChI=1S/C29H33ClFN7O3S/c1-37-11-13-38(14-12-37)10-8-27(39)34-26-16-20(7-9-32-26)33-25-17-24(22-15-19(30)5-6-23(22)31)35-36-29(25)42-18-21-3-2-4-28(40)41-21/h5-7,9,15-17,21H,2-4,8,10-14,18H2,1H3,(H2,32,33,34,35,39). The van der Waals surface area contributed by atoms with Crippen LogP contribution in [-0.2, 0) is 14.3 Å². The average molecular weight is 614 g/mol. The molecule has 42 heavy (non-hydrogen) atoms. The van der Waals surface area contributed by atoms with Crippen LogP contribution in [0.25, 0.3) is 11.3 Å². The van der Waals surface area contributed by atoms with Gasteiger partial charge < -0.3 is 25.2 Å². The summed E-state index contributed by atoms with van der Waals surface area (Å²) >= 11 is 7.52. The number of carbonyl (C=O) groups is 2. The molecular weight excluding hydrogens is 581 g/mol. The van der Waals surface area contributed by atoms with E-state index in [1.54, 1.807) is 24.4 Å². The molecule has 2 aliphatic rings. The van der Waals surface area contributed by atoms with Crippen LogP contribution in [0.1, 0.15) is 25.7 Å². The maximum atomic E-state index is 14.7. The number of benzene rings is 1. The van der Waals surface area contributed by atoms with Crippen LogP contribution < -0.4 is 10.6 Å². The molecule has 222 valence electrons. The zero-order valence-corrected chi connectivity index (χ0v) is 24.9. The Kier molecular flexibility index (Phi) is 10.2. The molecule has 0 bridgehead atoms. The lowest BCUT2D eigenvalue weighted by Gasteiger charge is -2.32. The number of hydrogen-bond donors (Lipinski definition) is 2. The van der Waals surface area contributed by atoms with Gasteiger partial charge in [-0.25, -0.2) is 9.37 Å². The number of rotatable bonds is 10. The van der Waals surface area contributed by atoms with Gasteiger partial charge in [0.2, 0.25) is 5.91 Å². The number of piperazine rings is 1. The second-order valence-electron chi connectivity index (χ2n) is 10.4. The number of nitrogens with one attached hydrogen (secondary N) is 2. The molecule has 0 spiro atoms. The number of likely N-dealkylation sites (N-methyl/N-ethyl adjacent to an activating group) is 1. The number of esters is 1. The first-order chi connectivity index (χ1) is 20.3. The van der Waals surface area contributed by atoms with Crippen molar-refractivity contribution < 1.29 is 18.7 Å². The number of cyclic esters (lactones) is 1. The van der Waals surface area contributed by atoms with E-state index in [1.165, 1.54) is 30.0 Å². The number of nitrogens with zero attached hydrogens (tertiary/aromatic N) is 5. The summed E-state index contributed by atoms with van der Waals surface area (Å²) in [7, 11) is 2.10. The highest BCUT2D eigenvalue weighted by Gasteiger charge is 2.22. The number of pyridine rings is 1. The van der Waals surface area contributed by atoms with Gasteiger partial charge in [0.15, 0.2) is 0 Å². The number of aromatic nitrogens is 3. The van der Waals surface area contributed by atoms with Gasteiger partial charge >= 0.3 is 5.97 Å². The van der Waals surface area contributed by atoms with Crippen LogP contribution in [0.15, 0.2) is 47.6 Å². The van der Waals surface area contributed by atoms with Gasteiger partial charge in [0.1, 0.15) is 22.8 Å². The molecule has 10 nitrogen and oxygen atoms in total. The predicted octanol–water partition coefficient (Wildman–Crippen LogP) is 4.84. The maximum Gasteiger partial charge on any atom is 0.306 e. The van der Waals surface area contributed by atoms with Crippen molar-refractivity contribution in [1.29, 1.82) is 0 Å². The Morgan fingerprint density at radius 1 is 1.17 bits per heavy atom. The highest BCUT2D eigenvalue weighted by molar-refractivity contribution is 7.99. The third-order valence-electron chi connectivity index (χ3n) is 7.13. The van der Waals surface area contributed by atoms with Crippen molar-refractivity contribution in [3.05, 3.63) is 53.4 Å². The summed E-state index contributed by atoms with van der Waals surface area (Å²) in [5.74, 6) is 0.138. The average Bonchev–Trinajstić information content (AvgIpc) is 2.98. The van der Waals surface area contributed by atoms with Crippen LogP contribution in [0.5, 0.6) is 0 Å². The minimum Gasteiger partial charge on any atom is -0.461 e. The van der Waals surface area contributed by atoms with E-state index in [1.807, 2.05) is 0 Å². The molecule has 1 aromatic carbocycles. The lowest BCUT2D eigenvalue weighted by molar-refractivity contribution is -0.152. The summed E-state index contributed by atoms with van der Waals surface area (Å²) in [5, 5.41) is 15.8. The van der Waals surface area contributed by atoms with Crippen LogP contribution in [0, 0.1) is 5.82 Å². The Bertz CT molecular complexity index is 1420. The largest absolute Gasteiger partial charge is 0.461 e. The number of anilines is 3. The van der Waals surface area contributed by atoms with Gasteiger partial charge in [-0.2, -0.15) is 0 Å². The minimum atomic E-state index is -0.473. The van der Waals surface area contributed by atoms with Gasteiger partial charge in [0.05, 0.1) is 11.4 Å². The Morgan fingerprint density at radius 2 is 2.00 bits per heavy atom. The number of ether oxygens (including phenoxy) is 1. The first-order valence-electron chi connectivity index (χ1n) is 13.9. The monoisotopic (exact) mass is 613 g/mol. The molecule has 3 aromatic rings. The molecule has 1 atom stereocenters. The van der Waals surface area contributed by atoms with Gasteiger partial charge in [0.25, 0.3) is 0 Å². The topological polar surface area (TPSA) is 113 Å². The normalized spacial score (nSPS) is 18.0. The number of amides is 1. The van der Waals surface area contributed by atoms with Crippen molar-refractivity contribution in [3.8, 4) is 11.3 Å². The lowest BCUT2D eigenvalue weighted by atomic mass is 10.1. The summed E-state index contributed by atoms with van der Waals surface area (Å²) in [6.07, 6.45) is 3.75. The molecule has 0 radical (unpaired) electrons. The SMILES string of the molecule is CN1CCN(CCC(=O)Nc2cc(Nc3cc(-c4cc(Cl)ccc4F)nnc3SCC3CCCC(=O)O3)ccn2)CC1. The van der Waals surface area contributed by atoms with Crippen molar-refractivity contribution in [1.82, 2.24) is 25.0 Å². The van der Waals surface area contributed by atoms with Crippen LogP contribution in [0.2, 0.25) is 5.02 Å². The second kappa shape index (κ2) is 14.2. The second-order valence-corrected chi connectivity index (χ2v) is 11.8. The van der Waals surface area contributed by atoms with E-state index >= 15 is 0 Å². The van der Waals surface area contributed by atoms with Crippen molar-refractivity contribution in [2.75, 3.05) is 56.2 Å². The van der Waals surface area contributed by atoms with Crippen molar-refractivity contribution in [3.63, 3.8) is 0 Å². The Balaban J connectivity index is 1.30. The molecule has 13 heteroatoms. The van der Waals surface area contributed by atoms with Gasteiger partial charge in [-0.15, -0.1) is 10.2 Å². The van der Waals surface area contributed by atoms with E-state index in [2.05, 4.69) is 42.7 Å². The summed E-state index contributed by atoms with van der Waals surface area (Å²) < 4.78 is 20.1. The molecule has 2 N–H and O–H groups in total. The highest BCUT2D eigenvalue weighted by Crippen LogP contribution is 2.34. The molecule has 0 saturated carbocycles. The van der Waals surface area contributed by atoms with E-state index in [-0.39, 0.29) is 23.5 Å². The fourth-order valence-corrected chi connectivity index (χ4v) is 5.85. The van der Waals surface area contributed by atoms with Gasteiger partial charge in [-0.3, -0.25) is 9.59 Å². The van der Waals surface area contributed by atoms with Gasteiger partial charge in [0, 0.05) is 79.9 Å². The van der Waals surface area contributed by atoms with Crippen molar-refractivity contribution >= 4 is 52.4 Å².